The predicted molar refractivity (Wildman–Crippen MR) is 37.2 cm³/mol. The number of H-pyrrole nitrogens is 1. The van der Waals surface area contributed by atoms with Crippen LogP contribution in [0.2, 0.25) is 0 Å². The van der Waals surface area contributed by atoms with Gasteiger partial charge in [0.25, 0.3) is 0 Å². The number of hydrazine groups is 1. The molecule has 1 heterocycles. The molecule has 0 saturated carbocycles. The maximum absolute atomic E-state index is 5.03. The van der Waals surface area contributed by atoms with Crippen LogP contribution in [-0.2, 0) is 0 Å². The monoisotopic (exact) mass is 142 g/mol. The highest BCUT2D eigenvalue weighted by atomic mass is 32.1. The van der Waals surface area contributed by atoms with Crippen molar-refractivity contribution >= 4 is 18.0 Å². The Morgan fingerprint density at radius 3 is 2.89 bits per heavy atom. The summed E-state index contributed by atoms with van der Waals surface area (Å²) in [6.45, 7) is 0. The average Bonchev–Trinajstić information content (AvgIpc) is 1.90. The van der Waals surface area contributed by atoms with Gasteiger partial charge in [0.15, 0.2) is 5.82 Å². The number of hydrogen-bond acceptors (Lipinski definition) is 4. The minimum Gasteiger partial charge on any atom is -0.307 e. The number of rotatable bonds is 1. The maximum atomic E-state index is 5.03. The highest BCUT2D eigenvalue weighted by molar-refractivity contribution is 7.71. The van der Waals surface area contributed by atoms with E-state index in [2.05, 4.69) is 15.6 Å². The van der Waals surface area contributed by atoms with Crippen LogP contribution < -0.4 is 11.3 Å². The van der Waals surface area contributed by atoms with E-state index in [0.29, 0.717) is 10.5 Å². The van der Waals surface area contributed by atoms with Crippen LogP contribution in [0.15, 0.2) is 12.1 Å². The second-order valence-corrected chi connectivity index (χ2v) is 1.89. The van der Waals surface area contributed by atoms with Crippen molar-refractivity contribution in [2.24, 2.45) is 5.84 Å². The maximum Gasteiger partial charge on any atom is 0.160 e. The summed E-state index contributed by atoms with van der Waals surface area (Å²) in [5.74, 6) is 5.61. The molecular formula is C4H6N4S. The summed E-state index contributed by atoms with van der Waals surface area (Å²) in [5.41, 5.74) is 2.37. The largest absolute Gasteiger partial charge is 0.307 e. The van der Waals surface area contributed by atoms with Crippen molar-refractivity contribution in [2.75, 3.05) is 5.43 Å². The number of nitrogen functional groups attached to an aromatic ring is 1. The van der Waals surface area contributed by atoms with Crippen LogP contribution in [-0.4, -0.2) is 10.2 Å². The van der Waals surface area contributed by atoms with E-state index in [9.17, 15) is 0 Å². The van der Waals surface area contributed by atoms with E-state index >= 15 is 0 Å². The molecule has 48 valence electrons. The van der Waals surface area contributed by atoms with Gasteiger partial charge in [-0.05, 0) is 12.1 Å². The lowest BCUT2D eigenvalue weighted by Gasteiger charge is -1.93. The molecule has 1 rings (SSSR count). The molecule has 1 aromatic heterocycles. The van der Waals surface area contributed by atoms with E-state index in [1.165, 1.54) is 0 Å². The van der Waals surface area contributed by atoms with Crippen LogP contribution in [0.4, 0.5) is 5.82 Å². The van der Waals surface area contributed by atoms with Crippen molar-refractivity contribution in [1.82, 2.24) is 10.2 Å². The molecular weight excluding hydrogens is 136 g/mol. The van der Waals surface area contributed by atoms with Crippen LogP contribution in [0.3, 0.4) is 0 Å². The zero-order valence-corrected chi connectivity index (χ0v) is 5.40. The molecule has 0 aliphatic rings. The van der Waals surface area contributed by atoms with E-state index < -0.39 is 0 Å². The first-order chi connectivity index (χ1) is 4.33. The van der Waals surface area contributed by atoms with Gasteiger partial charge in [-0.15, -0.1) is 0 Å². The molecule has 0 unspecified atom stereocenters. The smallest absolute Gasteiger partial charge is 0.160 e. The molecule has 9 heavy (non-hydrogen) atoms. The summed E-state index contributed by atoms with van der Waals surface area (Å²) >= 11 is 4.73. The lowest BCUT2D eigenvalue weighted by Crippen LogP contribution is -2.08. The van der Waals surface area contributed by atoms with Crippen LogP contribution in [0.5, 0.6) is 0 Å². The first-order valence-corrected chi connectivity index (χ1v) is 2.76. The normalized spacial score (nSPS) is 9.00. The molecule has 4 nitrogen and oxygen atoms in total. The molecule has 0 saturated heterocycles. The second kappa shape index (κ2) is 2.56. The molecule has 0 bridgehead atoms. The minimum atomic E-state index is 0.573. The van der Waals surface area contributed by atoms with Gasteiger partial charge in [-0.25, -0.2) is 5.84 Å². The standard InChI is InChI=1S/C4H6N4S/c5-6-3-1-2-4(9)8-7-3/h1-2H,5H2,(H,6,7)(H,8,9). The van der Waals surface area contributed by atoms with Gasteiger partial charge >= 0.3 is 0 Å². The number of aromatic amines is 1. The van der Waals surface area contributed by atoms with E-state index in [-0.39, 0.29) is 0 Å². The molecule has 0 aliphatic carbocycles. The summed E-state index contributed by atoms with van der Waals surface area (Å²) in [5, 5.41) is 6.30. The summed E-state index contributed by atoms with van der Waals surface area (Å²) in [4.78, 5) is 0. The fourth-order valence-electron chi connectivity index (χ4n) is 0.425. The third kappa shape index (κ3) is 1.48. The van der Waals surface area contributed by atoms with Crippen LogP contribution in [0.1, 0.15) is 0 Å². The molecule has 4 N–H and O–H groups in total. The lowest BCUT2D eigenvalue weighted by atomic mass is 10.5. The molecule has 1 aromatic rings. The quantitative estimate of drug-likeness (QED) is 0.302. The predicted octanol–water partition coefficient (Wildman–Crippen LogP) is 0.425. The summed E-state index contributed by atoms with van der Waals surface area (Å²) < 4.78 is 0.592. The summed E-state index contributed by atoms with van der Waals surface area (Å²) in [6, 6.07) is 3.40. The number of nitrogens with zero attached hydrogens (tertiary/aromatic N) is 1. The zero-order valence-electron chi connectivity index (χ0n) is 4.59. The van der Waals surface area contributed by atoms with Gasteiger partial charge in [-0.2, -0.15) is 5.10 Å². The highest BCUT2D eigenvalue weighted by Crippen LogP contribution is 1.94. The van der Waals surface area contributed by atoms with Gasteiger partial charge in [0.05, 0.1) is 0 Å². The van der Waals surface area contributed by atoms with E-state index in [0.717, 1.165) is 0 Å². The third-order valence-corrected chi connectivity index (χ3v) is 1.05. The molecule has 0 aliphatic heterocycles. The molecule has 0 fully saturated rings. The first-order valence-electron chi connectivity index (χ1n) is 2.35. The number of nitrogens with two attached hydrogens (primary N) is 1. The van der Waals surface area contributed by atoms with Gasteiger partial charge in [0, 0.05) is 0 Å². The van der Waals surface area contributed by atoms with Crippen LogP contribution >= 0.6 is 12.2 Å². The van der Waals surface area contributed by atoms with Gasteiger partial charge in [0.1, 0.15) is 4.64 Å². The lowest BCUT2D eigenvalue weighted by molar-refractivity contribution is 1.01. The molecule has 0 spiro atoms. The number of anilines is 1. The fraction of sp³-hybridized carbons (Fsp3) is 0. The van der Waals surface area contributed by atoms with E-state index in [1.54, 1.807) is 12.1 Å². The first kappa shape index (κ1) is 6.18. The molecule has 5 heteroatoms. The molecule has 0 radical (unpaired) electrons. The topological polar surface area (TPSA) is 66.7 Å². The second-order valence-electron chi connectivity index (χ2n) is 1.45. The van der Waals surface area contributed by atoms with Crippen LogP contribution in [0, 0.1) is 4.64 Å². The number of nitrogens with one attached hydrogen (secondary N) is 2. The number of hydrogen-bond donors (Lipinski definition) is 3. The Morgan fingerprint density at radius 2 is 2.44 bits per heavy atom. The van der Waals surface area contributed by atoms with Crippen molar-refractivity contribution in [3.63, 3.8) is 0 Å². The van der Waals surface area contributed by atoms with Gasteiger partial charge < -0.3 is 5.43 Å². The van der Waals surface area contributed by atoms with Crippen molar-refractivity contribution in [3.8, 4) is 0 Å². The van der Waals surface area contributed by atoms with Crippen molar-refractivity contribution in [3.05, 3.63) is 16.8 Å². The van der Waals surface area contributed by atoms with Crippen molar-refractivity contribution in [1.29, 1.82) is 0 Å². The third-order valence-electron chi connectivity index (χ3n) is 0.827. The van der Waals surface area contributed by atoms with Gasteiger partial charge in [-0.3, -0.25) is 5.10 Å². The SMILES string of the molecule is NNc1ccc(=S)[nH]n1. The van der Waals surface area contributed by atoms with Gasteiger partial charge in [-0.1, -0.05) is 12.2 Å². The summed E-state index contributed by atoms with van der Waals surface area (Å²) in [7, 11) is 0. The Labute approximate surface area is 57.1 Å². The van der Waals surface area contributed by atoms with E-state index in [1.807, 2.05) is 0 Å². The Kier molecular flexibility index (Phi) is 1.76. The Bertz CT molecular complexity index is 222. The zero-order chi connectivity index (χ0) is 6.69. The average molecular weight is 142 g/mol. The Hall–Kier alpha value is -0.940. The van der Waals surface area contributed by atoms with Gasteiger partial charge in [0.2, 0.25) is 0 Å². The van der Waals surface area contributed by atoms with Crippen molar-refractivity contribution in [2.45, 2.75) is 0 Å². The van der Waals surface area contributed by atoms with Crippen molar-refractivity contribution < 1.29 is 0 Å². The van der Waals surface area contributed by atoms with Crippen LogP contribution in [0.25, 0.3) is 0 Å². The Morgan fingerprint density at radius 1 is 1.67 bits per heavy atom. The molecule has 0 amide bonds. The Balaban J connectivity index is 3.02. The summed E-state index contributed by atoms with van der Waals surface area (Å²) in [6.07, 6.45) is 0. The molecule has 0 aromatic carbocycles. The highest BCUT2D eigenvalue weighted by Gasteiger charge is 1.83. The molecule has 0 atom stereocenters. The fourth-order valence-corrected chi connectivity index (χ4v) is 0.539. The van der Waals surface area contributed by atoms with E-state index in [4.69, 9.17) is 18.1 Å². The number of aromatic nitrogens is 2. The minimum absolute atomic E-state index is 0.573.